The van der Waals surface area contributed by atoms with Crippen molar-refractivity contribution >= 4 is 38.9 Å². The van der Waals surface area contributed by atoms with Crippen LogP contribution in [0.1, 0.15) is 30.0 Å². The summed E-state index contributed by atoms with van der Waals surface area (Å²) >= 11 is 11.0. The highest BCUT2D eigenvalue weighted by Gasteiger charge is 2.22. The zero-order valence-electron chi connectivity index (χ0n) is 10.2. The normalized spacial score (nSPS) is 12.9. The average molecular weight is 350 g/mol. The van der Waals surface area contributed by atoms with Crippen molar-refractivity contribution in [3.8, 4) is 0 Å². The maximum absolute atomic E-state index is 6.02. The van der Waals surface area contributed by atoms with Gasteiger partial charge in [-0.3, -0.25) is 0 Å². The molecule has 0 radical (unpaired) electrons. The number of aromatic nitrogens is 3. The van der Waals surface area contributed by atoms with E-state index in [1.54, 1.807) is 16.0 Å². The van der Waals surface area contributed by atoms with E-state index < -0.39 is 0 Å². The molecule has 7 heteroatoms. The van der Waals surface area contributed by atoms with Gasteiger partial charge in [0.2, 0.25) is 0 Å². The van der Waals surface area contributed by atoms with E-state index in [4.69, 9.17) is 11.6 Å². The number of nitrogens with zero attached hydrogens (tertiary/aromatic N) is 3. The fourth-order valence-electron chi connectivity index (χ4n) is 1.75. The van der Waals surface area contributed by atoms with E-state index >= 15 is 0 Å². The van der Waals surface area contributed by atoms with Gasteiger partial charge in [-0.15, -0.1) is 16.4 Å². The van der Waals surface area contributed by atoms with Crippen LogP contribution in [0, 0.1) is 0 Å². The summed E-state index contributed by atoms with van der Waals surface area (Å²) in [5.41, 5.74) is 1.02. The van der Waals surface area contributed by atoms with Gasteiger partial charge in [0, 0.05) is 11.9 Å². The molecular weight excluding hydrogens is 336 g/mol. The molecule has 0 aromatic carbocycles. The van der Waals surface area contributed by atoms with E-state index in [9.17, 15) is 0 Å². The highest BCUT2D eigenvalue weighted by atomic mass is 79.9. The first-order chi connectivity index (χ1) is 8.63. The molecule has 0 aliphatic carbocycles. The van der Waals surface area contributed by atoms with Crippen LogP contribution in [0.5, 0.6) is 0 Å². The lowest BCUT2D eigenvalue weighted by Gasteiger charge is -2.17. The fourth-order valence-corrected chi connectivity index (χ4v) is 3.45. The molecule has 0 amide bonds. The Morgan fingerprint density at radius 3 is 2.83 bits per heavy atom. The summed E-state index contributed by atoms with van der Waals surface area (Å²) in [7, 11) is 1.89. The van der Waals surface area contributed by atoms with E-state index in [0.717, 1.165) is 27.6 Å². The lowest BCUT2D eigenvalue weighted by molar-refractivity contribution is 0.555. The van der Waals surface area contributed by atoms with Gasteiger partial charge in [-0.2, -0.15) is 0 Å². The first kappa shape index (κ1) is 14.0. The zero-order valence-corrected chi connectivity index (χ0v) is 13.3. The summed E-state index contributed by atoms with van der Waals surface area (Å²) < 4.78 is 3.34. The lowest BCUT2D eigenvalue weighted by Crippen LogP contribution is -2.24. The number of nitrogens with one attached hydrogen (secondary N) is 1. The predicted octanol–water partition coefficient (Wildman–Crippen LogP) is 3.38. The Labute approximate surface area is 123 Å². The van der Waals surface area contributed by atoms with Crippen molar-refractivity contribution in [2.45, 2.75) is 19.4 Å². The first-order valence-corrected chi connectivity index (χ1v) is 7.66. The molecule has 1 N–H and O–H groups in total. The van der Waals surface area contributed by atoms with Crippen LogP contribution in [0.3, 0.4) is 0 Å². The Bertz CT molecular complexity index is 505. The second-order valence-corrected chi connectivity index (χ2v) is 6.42. The van der Waals surface area contributed by atoms with Crippen LogP contribution in [-0.2, 0) is 7.05 Å². The van der Waals surface area contributed by atoms with Crippen LogP contribution in [-0.4, -0.2) is 21.5 Å². The van der Waals surface area contributed by atoms with Gasteiger partial charge in [-0.1, -0.05) is 23.7 Å². The topological polar surface area (TPSA) is 42.7 Å². The van der Waals surface area contributed by atoms with Gasteiger partial charge in [0.1, 0.15) is 0 Å². The van der Waals surface area contributed by atoms with Crippen LogP contribution in [0.2, 0.25) is 4.34 Å². The number of thiophene rings is 1. The van der Waals surface area contributed by atoms with Crippen molar-refractivity contribution in [2.75, 3.05) is 6.54 Å². The Hall–Kier alpha value is -0.430. The molecule has 0 aliphatic rings. The third kappa shape index (κ3) is 2.93. The minimum Gasteiger partial charge on any atom is -0.304 e. The molecule has 98 valence electrons. The Kier molecular flexibility index (Phi) is 4.77. The third-order valence-corrected chi connectivity index (χ3v) is 4.44. The molecule has 2 heterocycles. The van der Waals surface area contributed by atoms with Crippen molar-refractivity contribution in [3.05, 3.63) is 31.6 Å². The van der Waals surface area contributed by atoms with Gasteiger partial charge in [-0.05, 0) is 41.0 Å². The van der Waals surface area contributed by atoms with E-state index in [0.29, 0.717) is 0 Å². The molecular formula is C11H14BrClN4S. The molecule has 0 bridgehead atoms. The SMILES string of the molecule is CCCNC(c1ccc(Cl)s1)c1c(Br)nnn1C. The largest absolute Gasteiger partial charge is 0.304 e. The Balaban J connectivity index is 2.36. The third-order valence-electron chi connectivity index (χ3n) is 2.58. The summed E-state index contributed by atoms with van der Waals surface area (Å²) in [5, 5.41) is 11.6. The molecule has 4 nitrogen and oxygen atoms in total. The van der Waals surface area contributed by atoms with Gasteiger partial charge in [0.25, 0.3) is 0 Å². The highest BCUT2D eigenvalue weighted by molar-refractivity contribution is 9.10. The second-order valence-electron chi connectivity index (χ2n) is 3.92. The van der Waals surface area contributed by atoms with Crippen molar-refractivity contribution in [1.82, 2.24) is 20.3 Å². The predicted molar refractivity (Wildman–Crippen MR) is 78.2 cm³/mol. The summed E-state index contributed by atoms with van der Waals surface area (Å²) in [6.45, 7) is 3.07. The van der Waals surface area contributed by atoms with Crippen LogP contribution >= 0.6 is 38.9 Å². The van der Waals surface area contributed by atoms with Crippen LogP contribution in [0.15, 0.2) is 16.7 Å². The average Bonchev–Trinajstić information content (AvgIpc) is 2.90. The summed E-state index contributed by atoms with van der Waals surface area (Å²) in [5.74, 6) is 0. The highest BCUT2D eigenvalue weighted by Crippen LogP contribution is 2.33. The van der Waals surface area contributed by atoms with Crippen molar-refractivity contribution < 1.29 is 0 Å². The first-order valence-electron chi connectivity index (χ1n) is 5.67. The Morgan fingerprint density at radius 2 is 2.33 bits per heavy atom. The van der Waals surface area contributed by atoms with Crippen LogP contribution < -0.4 is 5.32 Å². The molecule has 2 aromatic rings. The quantitative estimate of drug-likeness (QED) is 0.900. The minimum atomic E-state index is 0.0665. The van der Waals surface area contributed by atoms with Crippen molar-refractivity contribution in [1.29, 1.82) is 0 Å². The smallest absolute Gasteiger partial charge is 0.153 e. The minimum absolute atomic E-state index is 0.0665. The van der Waals surface area contributed by atoms with E-state index in [1.807, 2.05) is 19.2 Å². The number of rotatable bonds is 5. The molecule has 0 spiro atoms. The van der Waals surface area contributed by atoms with Crippen molar-refractivity contribution in [3.63, 3.8) is 0 Å². The number of halogens is 2. The summed E-state index contributed by atoms with van der Waals surface area (Å²) in [6, 6.07) is 4.02. The standard InChI is InChI=1S/C11H14BrClN4S/c1-3-6-14-9(7-4-5-8(13)18-7)10-11(12)15-16-17(10)2/h4-5,9,14H,3,6H2,1-2H3. The molecule has 0 saturated carbocycles. The van der Waals surface area contributed by atoms with Gasteiger partial charge >= 0.3 is 0 Å². The summed E-state index contributed by atoms with van der Waals surface area (Å²) in [4.78, 5) is 1.17. The monoisotopic (exact) mass is 348 g/mol. The lowest BCUT2D eigenvalue weighted by atomic mass is 10.1. The van der Waals surface area contributed by atoms with E-state index in [-0.39, 0.29) is 6.04 Å². The number of hydrogen-bond acceptors (Lipinski definition) is 4. The van der Waals surface area contributed by atoms with Gasteiger partial charge in [-0.25, -0.2) is 4.68 Å². The van der Waals surface area contributed by atoms with E-state index in [1.165, 1.54) is 4.88 Å². The van der Waals surface area contributed by atoms with E-state index in [2.05, 4.69) is 38.5 Å². The molecule has 0 aliphatic heterocycles. The Morgan fingerprint density at radius 1 is 1.56 bits per heavy atom. The molecule has 2 aromatic heterocycles. The number of hydrogen-bond donors (Lipinski definition) is 1. The molecule has 18 heavy (non-hydrogen) atoms. The fraction of sp³-hybridized carbons (Fsp3) is 0.455. The second kappa shape index (κ2) is 6.14. The van der Waals surface area contributed by atoms with Crippen LogP contribution in [0.4, 0.5) is 0 Å². The maximum atomic E-state index is 6.02. The van der Waals surface area contributed by atoms with Crippen molar-refractivity contribution in [2.24, 2.45) is 7.05 Å². The van der Waals surface area contributed by atoms with Crippen LogP contribution in [0.25, 0.3) is 0 Å². The number of aryl methyl sites for hydroxylation is 1. The molecule has 0 saturated heterocycles. The molecule has 0 fully saturated rings. The van der Waals surface area contributed by atoms with Gasteiger partial charge in [0.15, 0.2) is 4.60 Å². The molecule has 1 atom stereocenters. The van der Waals surface area contributed by atoms with Gasteiger partial charge in [0.05, 0.1) is 16.1 Å². The molecule has 2 rings (SSSR count). The molecule has 1 unspecified atom stereocenters. The zero-order chi connectivity index (χ0) is 13.1. The van der Waals surface area contributed by atoms with Gasteiger partial charge < -0.3 is 5.32 Å². The maximum Gasteiger partial charge on any atom is 0.153 e. The summed E-state index contributed by atoms with van der Waals surface area (Å²) in [6.07, 6.45) is 1.07.